The molecule has 1 N–H and O–H groups in total. The van der Waals surface area contributed by atoms with Crippen LogP contribution in [0.25, 0.3) is 0 Å². The average Bonchev–Trinajstić information content (AvgIpc) is 3.13. The fraction of sp³-hybridized carbons (Fsp3) is 0.500. The van der Waals surface area contributed by atoms with Gasteiger partial charge in [-0.05, 0) is 53.0 Å². The molecule has 0 aromatic carbocycles. The summed E-state index contributed by atoms with van der Waals surface area (Å²) in [5, 5.41) is 0. The number of aryl methyl sites for hydroxylation is 1. The number of amides is 2. The van der Waals surface area contributed by atoms with Gasteiger partial charge in [0.2, 0.25) is 17.6 Å². The largest absolute Gasteiger partial charge is 0.453 e. The molecule has 0 saturated carbocycles. The molecule has 0 unspecified atom stereocenters. The number of ether oxygens (including phenoxy) is 1. The molecule has 3 rings (SSSR count). The number of imide groups is 1. The summed E-state index contributed by atoms with van der Waals surface area (Å²) < 4.78 is 5.30. The van der Waals surface area contributed by atoms with Crippen LogP contribution in [0.3, 0.4) is 0 Å². The molecule has 4 atom stereocenters. The van der Waals surface area contributed by atoms with Crippen LogP contribution in [0.2, 0.25) is 0 Å². The van der Waals surface area contributed by atoms with Crippen molar-refractivity contribution in [2.24, 2.45) is 11.8 Å². The Morgan fingerprint density at radius 1 is 1.07 bits per heavy atom. The molecule has 1 aromatic rings. The van der Waals surface area contributed by atoms with Crippen LogP contribution in [0.1, 0.15) is 65.7 Å². The number of hydrogen-bond acceptors (Lipinski definition) is 6. The molecular weight excluding hydrogens is 388 g/mol. The lowest BCUT2D eigenvalue weighted by Gasteiger charge is -2.23. The molecule has 2 heterocycles. The van der Waals surface area contributed by atoms with Crippen molar-refractivity contribution < 1.29 is 28.7 Å². The number of ketones is 2. The van der Waals surface area contributed by atoms with Gasteiger partial charge in [0, 0.05) is 11.3 Å². The molecule has 0 spiro atoms. The van der Waals surface area contributed by atoms with Crippen LogP contribution in [-0.4, -0.2) is 51.4 Å². The van der Waals surface area contributed by atoms with Crippen molar-refractivity contribution in [3.63, 3.8) is 0 Å². The molecule has 1 aliphatic carbocycles. The minimum absolute atomic E-state index is 0.166. The normalized spacial score (nSPS) is 22.6. The fourth-order valence-electron chi connectivity index (χ4n) is 4.37. The van der Waals surface area contributed by atoms with Gasteiger partial charge in [-0.3, -0.25) is 24.1 Å². The SMILES string of the molecule is CC(=O)c1c(C)[nH]c(C(=O)[C@@H](C)OC(=O)[C@H](C)N2C(=O)[C@H]3CC=CC[C@@H]3C2=O)c1C. The molecule has 2 aliphatic rings. The van der Waals surface area contributed by atoms with E-state index in [0.717, 1.165) is 4.90 Å². The number of hydrogen-bond donors (Lipinski definition) is 1. The molecule has 1 aliphatic heterocycles. The topological polar surface area (TPSA) is 114 Å². The van der Waals surface area contributed by atoms with Crippen LogP contribution in [0, 0.1) is 25.7 Å². The predicted octanol–water partition coefficient (Wildman–Crippen LogP) is 2.29. The van der Waals surface area contributed by atoms with E-state index in [-0.39, 0.29) is 23.3 Å². The summed E-state index contributed by atoms with van der Waals surface area (Å²) in [4.78, 5) is 66.4. The second-order valence-electron chi connectivity index (χ2n) is 8.00. The Labute approximate surface area is 174 Å². The number of carbonyl (C=O) groups is 5. The highest BCUT2D eigenvalue weighted by Gasteiger charge is 2.50. The Bertz CT molecular complexity index is 947. The first-order valence-corrected chi connectivity index (χ1v) is 10.0. The maximum Gasteiger partial charge on any atom is 0.329 e. The fourth-order valence-corrected chi connectivity index (χ4v) is 4.37. The van der Waals surface area contributed by atoms with E-state index in [0.29, 0.717) is 29.7 Å². The zero-order valence-corrected chi connectivity index (χ0v) is 17.8. The molecule has 8 heteroatoms. The van der Waals surface area contributed by atoms with Gasteiger partial charge in [-0.25, -0.2) is 4.79 Å². The van der Waals surface area contributed by atoms with E-state index in [9.17, 15) is 24.0 Å². The first kappa shape index (κ1) is 21.7. The molecule has 0 bridgehead atoms. The number of carbonyl (C=O) groups excluding carboxylic acids is 5. The Morgan fingerprint density at radius 2 is 1.60 bits per heavy atom. The van der Waals surface area contributed by atoms with Gasteiger partial charge in [0.05, 0.1) is 17.5 Å². The van der Waals surface area contributed by atoms with E-state index in [4.69, 9.17) is 4.74 Å². The van der Waals surface area contributed by atoms with Crippen molar-refractivity contribution in [2.45, 2.75) is 59.6 Å². The lowest BCUT2D eigenvalue weighted by Crippen LogP contribution is -2.45. The predicted molar refractivity (Wildman–Crippen MR) is 107 cm³/mol. The van der Waals surface area contributed by atoms with Crippen LogP contribution in [-0.2, 0) is 19.1 Å². The lowest BCUT2D eigenvalue weighted by molar-refractivity contribution is -0.159. The zero-order valence-electron chi connectivity index (χ0n) is 17.8. The Balaban J connectivity index is 1.72. The minimum atomic E-state index is -1.15. The highest BCUT2D eigenvalue weighted by molar-refractivity contribution is 6.08. The van der Waals surface area contributed by atoms with Crippen LogP contribution in [0.5, 0.6) is 0 Å². The maximum absolute atomic E-state index is 12.8. The average molecular weight is 414 g/mol. The summed E-state index contributed by atoms with van der Waals surface area (Å²) in [6.07, 6.45) is 3.55. The maximum atomic E-state index is 12.8. The second-order valence-corrected chi connectivity index (χ2v) is 8.00. The van der Waals surface area contributed by atoms with E-state index < -0.39 is 35.7 Å². The van der Waals surface area contributed by atoms with Gasteiger partial charge in [0.25, 0.3) is 0 Å². The summed E-state index contributed by atoms with van der Waals surface area (Å²) in [7, 11) is 0. The summed E-state index contributed by atoms with van der Waals surface area (Å²) in [6.45, 7) is 7.62. The first-order chi connectivity index (χ1) is 14.1. The molecule has 30 heavy (non-hydrogen) atoms. The van der Waals surface area contributed by atoms with Crippen molar-refractivity contribution in [2.75, 3.05) is 0 Å². The van der Waals surface area contributed by atoms with Crippen LogP contribution in [0.4, 0.5) is 0 Å². The van der Waals surface area contributed by atoms with Crippen LogP contribution in [0.15, 0.2) is 12.2 Å². The molecule has 2 amide bonds. The Kier molecular flexibility index (Phi) is 5.78. The monoisotopic (exact) mass is 414 g/mol. The molecular formula is C22H26N2O6. The van der Waals surface area contributed by atoms with Crippen molar-refractivity contribution in [3.05, 3.63) is 34.7 Å². The number of esters is 1. The molecule has 1 fully saturated rings. The summed E-state index contributed by atoms with van der Waals surface area (Å²) in [5.74, 6) is -3.10. The number of Topliss-reactive ketones (excluding diaryl/α,β-unsaturated/α-hetero) is 2. The summed E-state index contributed by atoms with van der Waals surface area (Å²) in [6, 6.07) is -1.12. The quantitative estimate of drug-likeness (QED) is 0.331. The van der Waals surface area contributed by atoms with Gasteiger partial charge < -0.3 is 9.72 Å². The third-order valence-electron chi connectivity index (χ3n) is 5.97. The summed E-state index contributed by atoms with van der Waals surface area (Å²) >= 11 is 0. The molecule has 8 nitrogen and oxygen atoms in total. The van der Waals surface area contributed by atoms with Gasteiger partial charge >= 0.3 is 5.97 Å². The third kappa shape index (κ3) is 3.51. The van der Waals surface area contributed by atoms with E-state index in [1.54, 1.807) is 13.8 Å². The number of aromatic nitrogens is 1. The van der Waals surface area contributed by atoms with Crippen molar-refractivity contribution >= 4 is 29.4 Å². The van der Waals surface area contributed by atoms with E-state index in [2.05, 4.69) is 4.98 Å². The Morgan fingerprint density at radius 3 is 2.07 bits per heavy atom. The number of likely N-dealkylation sites (tertiary alicyclic amines) is 1. The first-order valence-electron chi connectivity index (χ1n) is 10.0. The van der Waals surface area contributed by atoms with E-state index in [1.807, 2.05) is 12.2 Å². The molecule has 1 aromatic heterocycles. The number of H-pyrrole nitrogens is 1. The number of fused-ring (bicyclic) bond motifs is 1. The molecule has 0 radical (unpaired) electrons. The number of nitrogens with zero attached hydrogens (tertiary/aromatic N) is 1. The van der Waals surface area contributed by atoms with E-state index >= 15 is 0 Å². The summed E-state index contributed by atoms with van der Waals surface area (Å²) in [5.41, 5.74) is 1.72. The van der Waals surface area contributed by atoms with Crippen molar-refractivity contribution in [1.29, 1.82) is 0 Å². The number of allylic oxidation sites excluding steroid dienone is 2. The van der Waals surface area contributed by atoms with E-state index in [1.165, 1.54) is 20.8 Å². The number of rotatable bonds is 6. The van der Waals surface area contributed by atoms with Crippen LogP contribution < -0.4 is 0 Å². The number of aromatic amines is 1. The molecule has 160 valence electrons. The van der Waals surface area contributed by atoms with Crippen molar-refractivity contribution in [1.82, 2.24) is 9.88 Å². The smallest absolute Gasteiger partial charge is 0.329 e. The minimum Gasteiger partial charge on any atom is -0.453 e. The molecule has 1 saturated heterocycles. The Hall–Kier alpha value is -3.03. The highest BCUT2D eigenvalue weighted by Crippen LogP contribution is 2.36. The zero-order chi connectivity index (χ0) is 22.3. The number of nitrogens with one attached hydrogen (secondary N) is 1. The van der Waals surface area contributed by atoms with Gasteiger partial charge in [0.15, 0.2) is 11.9 Å². The lowest BCUT2D eigenvalue weighted by atomic mass is 9.85. The van der Waals surface area contributed by atoms with Gasteiger partial charge in [-0.2, -0.15) is 0 Å². The third-order valence-corrected chi connectivity index (χ3v) is 5.97. The van der Waals surface area contributed by atoms with Crippen LogP contribution >= 0.6 is 0 Å². The van der Waals surface area contributed by atoms with Crippen molar-refractivity contribution in [3.8, 4) is 0 Å². The highest BCUT2D eigenvalue weighted by atomic mass is 16.5. The standard InChI is InChI=1S/C22H26N2O6/c1-10-17(13(4)25)11(2)23-18(10)19(26)14(5)30-22(29)12(3)24-20(27)15-8-6-7-9-16(15)21(24)28/h6-7,12,14-16,23H,8-9H2,1-5H3/t12-,14+,15-,16-/m0/s1. The van der Waals surface area contributed by atoms with Gasteiger partial charge in [-0.1, -0.05) is 12.2 Å². The van der Waals surface area contributed by atoms with Gasteiger partial charge in [0.1, 0.15) is 6.04 Å². The van der Waals surface area contributed by atoms with Gasteiger partial charge in [-0.15, -0.1) is 0 Å². The second kappa shape index (κ2) is 8.01.